The molecule has 2 aromatic carbocycles. The summed E-state index contributed by atoms with van der Waals surface area (Å²) in [6.45, 7) is 4.06. The fourth-order valence-corrected chi connectivity index (χ4v) is 4.52. The number of hydrogen-bond acceptors (Lipinski definition) is 4. The van der Waals surface area contributed by atoms with Gasteiger partial charge in [0.05, 0.1) is 11.6 Å². The lowest BCUT2D eigenvalue weighted by Crippen LogP contribution is -2.59. The van der Waals surface area contributed by atoms with Gasteiger partial charge in [-0.3, -0.25) is 19.5 Å². The van der Waals surface area contributed by atoms with Gasteiger partial charge >= 0.3 is 0 Å². The molecule has 2 amide bonds. The summed E-state index contributed by atoms with van der Waals surface area (Å²) in [6, 6.07) is 24.3. The molecule has 0 spiro atoms. The Morgan fingerprint density at radius 2 is 1.68 bits per heavy atom. The third-order valence-corrected chi connectivity index (χ3v) is 6.12. The van der Waals surface area contributed by atoms with Gasteiger partial charge in [0.2, 0.25) is 5.91 Å². The number of piperazine rings is 1. The van der Waals surface area contributed by atoms with Crippen molar-refractivity contribution in [2.45, 2.75) is 19.0 Å². The van der Waals surface area contributed by atoms with Crippen LogP contribution in [-0.2, 0) is 4.79 Å². The van der Waals surface area contributed by atoms with Crippen molar-refractivity contribution in [2.75, 3.05) is 26.2 Å². The first-order valence-electron chi connectivity index (χ1n) is 11.6. The summed E-state index contributed by atoms with van der Waals surface area (Å²) >= 11 is 0. The van der Waals surface area contributed by atoms with E-state index < -0.39 is 0 Å². The molecule has 34 heavy (non-hydrogen) atoms. The van der Waals surface area contributed by atoms with E-state index in [4.69, 9.17) is 0 Å². The van der Waals surface area contributed by atoms with Crippen molar-refractivity contribution in [1.82, 2.24) is 20.1 Å². The highest BCUT2D eigenvalue weighted by Crippen LogP contribution is 2.32. The van der Waals surface area contributed by atoms with Crippen LogP contribution in [0.2, 0.25) is 0 Å². The van der Waals surface area contributed by atoms with Gasteiger partial charge in [-0.15, -0.1) is 0 Å². The zero-order valence-corrected chi connectivity index (χ0v) is 19.4. The predicted octanol–water partition coefficient (Wildman–Crippen LogP) is 3.69. The van der Waals surface area contributed by atoms with Gasteiger partial charge in [0.15, 0.2) is 0 Å². The molecule has 6 heteroatoms. The van der Waals surface area contributed by atoms with Gasteiger partial charge in [-0.1, -0.05) is 66.7 Å². The van der Waals surface area contributed by atoms with Crippen LogP contribution < -0.4 is 5.32 Å². The second-order valence-electron chi connectivity index (χ2n) is 8.35. The molecule has 1 unspecified atom stereocenters. The van der Waals surface area contributed by atoms with Crippen LogP contribution in [0.25, 0.3) is 0 Å². The first-order chi connectivity index (χ1) is 16.7. The summed E-state index contributed by atoms with van der Waals surface area (Å²) in [4.78, 5) is 33.8. The fourth-order valence-electron chi connectivity index (χ4n) is 4.52. The third-order valence-electron chi connectivity index (χ3n) is 6.12. The Kier molecular flexibility index (Phi) is 7.83. The number of aromatic nitrogens is 1. The minimum atomic E-state index is -0.130. The molecule has 1 aliphatic heterocycles. The number of nitrogens with zero attached hydrogens (tertiary/aromatic N) is 3. The Morgan fingerprint density at radius 1 is 1.00 bits per heavy atom. The van der Waals surface area contributed by atoms with E-state index >= 15 is 0 Å². The van der Waals surface area contributed by atoms with E-state index in [1.165, 1.54) is 17.2 Å². The molecule has 4 rings (SSSR count). The van der Waals surface area contributed by atoms with Crippen LogP contribution >= 0.6 is 0 Å². The Bertz CT molecular complexity index is 1060. The Hall–Kier alpha value is -3.77. The average molecular weight is 455 g/mol. The summed E-state index contributed by atoms with van der Waals surface area (Å²) in [7, 11) is 0. The Balaban J connectivity index is 1.64. The molecule has 0 saturated carbocycles. The minimum Gasteiger partial charge on any atom is -0.351 e. The highest BCUT2D eigenvalue weighted by Gasteiger charge is 2.35. The molecule has 174 valence electrons. The van der Waals surface area contributed by atoms with Gasteiger partial charge in [0.1, 0.15) is 0 Å². The number of allylic oxidation sites excluding steroid dienone is 1. The van der Waals surface area contributed by atoms with Gasteiger partial charge in [-0.2, -0.15) is 0 Å². The summed E-state index contributed by atoms with van der Waals surface area (Å²) in [5, 5.41) is 3.02. The van der Waals surface area contributed by atoms with Gasteiger partial charge in [0, 0.05) is 44.6 Å². The fraction of sp³-hybridized carbons (Fsp3) is 0.250. The number of carbonyl (C=O) groups excluding carboxylic acids is 2. The smallest absolute Gasteiger partial charge is 0.255 e. The summed E-state index contributed by atoms with van der Waals surface area (Å²) in [6.07, 6.45) is 6.52. The van der Waals surface area contributed by atoms with Gasteiger partial charge in [0.25, 0.3) is 5.91 Å². The number of pyridine rings is 1. The molecule has 0 aliphatic carbocycles. The lowest BCUT2D eigenvalue weighted by molar-refractivity contribution is -0.116. The van der Waals surface area contributed by atoms with Crippen LogP contribution in [0.1, 0.15) is 34.5 Å². The van der Waals surface area contributed by atoms with Crippen molar-refractivity contribution in [1.29, 1.82) is 0 Å². The van der Waals surface area contributed by atoms with Crippen molar-refractivity contribution in [3.05, 3.63) is 114 Å². The third kappa shape index (κ3) is 5.58. The number of rotatable bonds is 7. The van der Waals surface area contributed by atoms with E-state index in [0.29, 0.717) is 31.7 Å². The SMILES string of the molecule is C/C=C/C(=O)NCC1CN(C(=O)c2cccnc2)CCN1C(c1ccccc1)c1ccccc1. The van der Waals surface area contributed by atoms with Crippen molar-refractivity contribution in [3.8, 4) is 0 Å². The maximum atomic E-state index is 13.2. The van der Waals surface area contributed by atoms with E-state index in [-0.39, 0.29) is 23.9 Å². The van der Waals surface area contributed by atoms with Crippen molar-refractivity contribution < 1.29 is 9.59 Å². The van der Waals surface area contributed by atoms with Crippen molar-refractivity contribution in [2.24, 2.45) is 0 Å². The molecule has 2 heterocycles. The van der Waals surface area contributed by atoms with E-state index in [9.17, 15) is 9.59 Å². The summed E-state index contributed by atoms with van der Waals surface area (Å²) in [5.74, 6) is -0.164. The summed E-state index contributed by atoms with van der Waals surface area (Å²) < 4.78 is 0. The number of carbonyl (C=O) groups is 2. The van der Waals surface area contributed by atoms with E-state index in [0.717, 1.165) is 0 Å². The minimum absolute atomic E-state index is 0.0154. The van der Waals surface area contributed by atoms with Crippen molar-refractivity contribution >= 4 is 11.8 Å². The molecular weight excluding hydrogens is 424 g/mol. The molecule has 0 radical (unpaired) electrons. The largest absolute Gasteiger partial charge is 0.351 e. The first kappa shape index (κ1) is 23.4. The van der Waals surface area contributed by atoms with Crippen LogP contribution in [-0.4, -0.2) is 58.8 Å². The lowest BCUT2D eigenvalue weighted by Gasteiger charge is -2.45. The normalized spacial score (nSPS) is 16.6. The maximum absolute atomic E-state index is 13.2. The molecule has 1 N–H and O–H groups in total. The number of hydrogen-bond donors (Lipinski definition) is 1. The van der Waals surface area contributed by atoms with E-state index in [1.54, 1.807) is 30.6 Å². The van der Waals surface area contributed by atoms with Crippen LogP contribution in [0.4, 0.5) is 0 Å². The zero-order valence-electron chi connectivity index (χ0n) is 19.4. The highest BCUT2D eigenvalue weighted by atomic mass is 16.2. The second kappa shape index (κ2) is 11.4. The molecule has 1 fully saturated rings. The Labute approximate surface area is 200 Å². The van der Waals surface area contributed by atoms with Crippen LogP contribution in [0.3, 0.4) is 0 Å². The van der Waals surface area contributed by atoms with Crippen LogP contribution in [0, 0.1) is 0 Å². The second-order valence-corrected chi connectivity index (χ2v) is 8.35. The molecule has 1 aliphatic rings. The van der Waals surface area contributed by atoms with Gasteiger partial charge < -0.3 is 10.2 Å². The molecule has 6 nitrogen and oxygen atoms in total. The van der Waals surface area contributed by atoms with Crippen LogP contribution in [0.15, 0.2) is 97.3 Å². The average Bonchev–Trinajstić information content (AvgIpc) is 2.90. The zero-order chi connectivity index (χ0) is 23.8. The van der Waals surface area contributed by atoms with E-state index in [1.807, 2.05) is 24.0 Å². The molecule has 1 aromatic heterocycles. The molecule has 0 bridgehead atoms. The number of benzene rings is 2. The first-order valence-corrected chi connectivity index (χ1v) is 11.6. The van der Waals surface area contributed by atoms with Crippen LogP contribution in [0.5, 0.6) is 0 Å². The number of amides is 2. The van der Waals surface area contributed by atoms with Gasteiger partial charge in [-0.25, -0.2) is 0 Å². The molecule has 1 atom stereocenters. The topological polar surface area (TPSA) is 65.5 Å². The van der Waals surface area contributed by atoms with E-state index in [2.05, 4.69) is 63.7 Å². The lowest BCUT2D eigenvalue weighted by atomic mass is 9.94. The summed E-state index contributed by atoms with van der Waals surface area (Å²) in [5.41, 5.74) is 2.95. The highest BCUT2D eigenvalue weighted by molar-refractivity contribution is 5.94. The molecule has 3 aromatic rings. The standard InChI is InChI=1S/C28H30N4O2/c1-2-10-26(33)30-20-25-21-31(28(34)24-15-9-16-29-19-24)17-18-32(25)27(22-11-5-3-6-12-22)23-13-7-4-8-14-23/h2-16,19,25,27H,17-18,20-21H2,1H3,(H,30,33)/b10-2+. The van der Waals surface area contributed by atoms with Crippen molar-refractivity contribution in [3.63, 3.8) is 0 Å². The monoisotopic (exact) mass is 454 g/mol. The molecule has 1 saturated heterocycles. The Morgan fingerprint density at radius 3 is 2.26 bits per heavy atom. The number of nitrogens with one attached hydrogen (secondary N) is 1. The molecular formula is C28H30N4O2. The predicted molar refractivity (Wildman–Crippen MR) is 133 cm³/mol. The maximum Gasteiger partial charge on any atom is 0.255 e. The quantitative estimate of drug-likeness (QED) is 0.553. The van der Waals surface area contributed by atoms with Gasteiger partial charge in [-0.05, 0) is 36.3 Å².